The maximum absolute atomic E-state index is 12.1. The minimum Gasteiger partial charge on any atom is -0.508 e. The van der Waals surface area contributed by atoms with Crippen molar-refractivity contribution < 1.29 is 37.0 Å². The number of phenols is 1. The molecule has 0 aliphatic heterocycles. The van der Waals surface area contributed by atoms with E-state index in [1.165, 1.54) is 42.5 Å². The maximum Gasteiger partial charge on any atom is 0.573 e. The molecule has 0 atom stereocenters. The number of hydrogen-bond acceptors (Lipinski definition) is 6. The van der Waals surface area contributed by atoms with Gasteiger partial charge in [0.05, 0.1) is 0 Å². The molecule has 0 bridgehead atoms. The quantitative estimate of drug-likeness (QED) is 0.389. The van der Waals surface area contributed by atoms with Crippen LogP contribution in [-0.2, 0) is 16.1 Å². The van der Waals surface area contributed by atoms with Crippen LogP contribution in [0.1, 0.15) is 11.1 Å². The number of benzene rings is 2. The molecule has 0 amide bonds. The first-order valence-corrected chi connectivity index (χ1v) is 8.16. The first kappa shape index (κ1) is 20.0. The molecule has 150 valence electrons. The summed E-state index contributed by atoms with van der Waals surface area (Å²) in [6.07, 6.45) is -2.33. The van der Waals surface area contributed by atoms with Crippen molar-refractivity contribution in [2.45, 2.75) is 13.0 Å². The summed E-state index contributed by atoms with van der Waals surface area (Å²) in [4.78, 5) is 23.5. The van der Waals surface area contributed by atoms with Crippen LogP contribution in [0.2, 0.25) is 0 Å². The van der Waals surface area contributed by atoms with Gasteiger partial charge < -0.3 is 19.0 Å². The lowest BCUT2D eigenvalue weighted by Crippen LogP contribution is -2.16. The summed E-state index contributed by atoms with van der Waals surface area (Å²) in [7, 11) is 0. The van der Waals surface area contributed by atoms with Crippen LogP contribution >= 0.6 is 0 Å². The smallest absolute Gasteiger partial charge is 0.508 e. The third-order valence-corrected chi connectivity index (χ3v) is 3.71. The molecular weight excluding hydrogens is 393 g/mol. The zero-order valence-corrected chi connectivity index (χ0v) is 14.6. The molecule has 3 rings (SSSR count). The molecule has 1 aromatic heterocycles. The van der Waals surface area contributed by atoms with Crippen LogP contribution in [0.15, 0.2) is 63.8 Å². The maximum atomic E-state index is 12.1. The van der Waals surface area contributed by atoms with Gasteiger partial charge in [0, 0.05) is 29.2 Å². The van der Waals surface area contributed by atoms with E-state index in [4.69, 9.17) is 9.15 Å². The van der Waals surface area contributed by atoms with Crippen molar-refractivity contribution in [2.24, 2.45) is 0 Å². The predicted molar refractivity (Wildman–Crippen MR) is 96.1 cm³/mol. The van der Waals surface area contributed by atoms with Crippen molar-refractivity contribution in [3.8, 4) is 11.5 Å². The minimum atomic E-state index is -4.78. The highest BCUT2D eigenvalue weighted by Gasteiger charge is 2.30. The lowest BCUT2D eigenvalue weighted by Gasteiger charge is -2.08. The van der Waals surface area contributed by atoms with Gasteiger partial charge in [-0.05, 0) is 35.9 Å². The van der Waals surface area contributed by atoms with Gasteiger partial charge in [0.2, 0.25) is 0 Å². The summed E-state index contributed by atoms with van der Waals surface area (Å²) >= 11 is 0. The Bertz CT molecular complexity index is 1110. The average Bonchev–Trinajstić information content (AvgIpc) is 2.63. The molecule has 2 aromatic carbocycles. The van der Waals surface area contributed by atoms with Gasteiger partial charge in [-0.3, -0.25) is 0 Å². The molecule has 9 heteroatoms. The number of halogens is 3. The fourth-order valence-electron chi connectivity index (χ4n) is 2.48. The van der Waals surface area contributed by atoms with E-state index < -0.39 is 18.0 Å². The second kappa shape index (κ2) is 8.09. The fraction of sp³-hybridized carbons (Fsp3) is 0.100. The SMILES string of the molecule is O=C(/C=C/c1ccc(OC(F)(F)F)cc1)OCc1cc(=O)oc2cc(O)ccc12. The number of carbonyl (C=O) groups excluding carboxylic acids is 1. The second-order valence-electron chi connectivity index (χ2n) is 5.83. The van der Waals surface area contributed by atoms with Crippen LogP contribution in [-0.4, -0.2) is 17.4 Å². The van der Waals surface area contributed by atoms with E-state index in [0.717, 1.165) is 18.2 Å². The average molecular weight is 406 g/mol. The van der Waals surface area contributed by atoms with E-state index in [-0.39, 0.29) is 23.7 Å². The molecule has 0 aliphatic rings. The summed E-state index contributed by atoms with van der Waals surface area (Å²) in [5.74, 6) is -1.18. The lowest BCUT2D eigenvalue weighted by molar-refractivity contribution is -0.274. The molecule has 6 nitrogen and oxygen atoms in total. The molecule has 0 saturated heterocycles. The number of aromatic hydroxyl groups is 1. The molecule has 0 spiro atoms. The third kappa shape index (κ3) is 5.61. The highest BCUT2D eigenvalue weighted by atomic mass is 19.4. The molecule has 0 fully saturated rings. The summed E-state index contributed by atoms with van der Waals surface area (Å²) in [6, 6.07) is 10.3. The van der Waals surface area contributed by atoms with Crippen molar-refractivity contribution in [1.82, 2.24) is 0 Å². The van der Waals surface area contributed by atoms with Gasteiger partial charge in [-0.15, -0.1) is 13.2 Å². The first-order valence-electron chi connectivity index (χ1n) is 8.16. The van der Waals surface area contributed by atoms with Crippen molar-refractivity contribution in [1.29, 1.82) is 0 Å². The van der Waals surface area contributed by atoms with Crippen LogP contribution in [0.25, 0.3) is 17.0 Å². The number of carbonyl (C=O) groups is 1. The highest BCUT2D eigenvalue weighted by Crippen LogP contribution is 2.24. The van der Waals surface area contributed by atoms with Crippen molar-refractivity contribution in [3.05, 3.63) is 76.2 Å². The number of fused-ring (bicyclic) bond motifs is 1. The molecular formula is C20H13F3O6. The number of ether oxygens (including phenoxy) is 2. The Morgan fingerprint density at radius 1 is 1.10 bits per heavy atom. The normalized spacial score (nSPS) is 11.7. The fourth-order valence-corrected chi connectivity index (χ4v) is 2.48. The summed E-state index contributed by atoms with van der Waals surface area (Å²) in [5.41, 5.74) is 0.343. The topological polar surface area (TPSA) is 86.0 Å². The molecule has 0 radical (unpaired) electrons. The summed E-state index contributed by atoms with van der Waals surface area (Å²) < 4.78 is 50.2. The molecule has 3 aromatic rings. The standard InChI is InChI=1S/C20H13F3O6/c21-20(22,23)29-15-5-1-12(2-6-15)3-8-18(25)27-11-13-9-19(26)28-17-10-14(24)4-7-16(13)17/h1-10,24H,11H2/b8-3+. The predicted octanol–water partition coefficient (Wildman–Crippen LogP) is 4.15. The van der Waals surface area contributed by atoms with E-state index in [9.17, 15) is 27.9 Å². The number of hydrogen-bond donors (Lipinski definition) is 1. The molecule has 29 heavy (non-hydrogen) atoms. The number of alkyl halides is 3. The Labute approximate surface area is 161 Å². The van der Waals surface area contributed by atoms with Gasteiger partial charge in [-0.25, -0.2) is 9.59 Å². The Hall–Kier alpha value is -3.75. The van der Waals surface area contributed by atoms with E-state index in [0.29, 0.717) is 16.5 Å². The molecule has 0 aliphatic carbocycles. The van der Waals surface area contributed by atoms with Crippen LogP contribution in [0, 0.1) is 0 Å². The van der Waals surface area contributed by atoms with Gasteiger partial charge in [-0.1, -0.05) is 12.1 Å². The summed E-state index contributed by atoms with van der Waals surface area (Å²) in [5, 5.41) is 9.96. The van der Waals surface area contributed by atoms with E-state index >= 15 is 0 Å². The van der Waals surface area contributed by atoms with E-state index in [2.05, 4.69) is 4.74 Å². The van der Waals surface area contributed by atoms with Crippen molar-refractivity contribution in [3.63, 3.8) is 0 Å². The van der Waals surface area contributed by atoms with Crippen LogP contribution in [0.4, 0.5) is 13.2 Å². The Morgan fingerprint density at radius 3 is 2.52 bits per heavy atom. The summed E-state index contributed by atoms with van der Waals surface area (Å²) in [6.45, 7) is -0.214. The number of esters is 1. The zero-order chi connectivity index (χ0) is 21.0. The first-order chi connectivity index (χ1) is 13.7. The van der Waals surface area contributed by atoms with E-state index in [1.807, 2.05) is 0 Å². The molecule has 1 heterocycles. The Morgan fingerprint density at radius 2 is 1.83 bits per heavy atom. The van der Waals surface area contributed by atoms with Gasteiger partial charge in [0.25, 0.3) is 0 Å². The monoisotopic (exact) mass is 406 g/mol. The lowest BCUT2D eigenvalue weighted by atomic mass is 10.1. The molecule has 0 saturated carbocycles. The highest BCUT2D eigenvalue weighted by molar-refractivity contribution is 5.87. The van der Waals surface area contributed by atoms with Crippen molar-refractivity contribution in [2.75, 3.05) is 0 Å². The van der Waals surface area contributed by atoms with Gasteiger partial charge in [0.15, 0.2) is 0 Å². The molecule has 1 N–H and O–H groups in total. The molecule has 0 unspecified atom stereocenters. The van der Waals surface area contributed by atoms with Crippen molar-refractivity contribution >= 4 is 23.0 Å². The van der Waals surface area contributed by atoms with Gasteiger partial charge in [0.1, 0.15) is 23.7 Å². The Balaban J connectivity index is 1.64. The third-order valence-electron chi connectivity index (χ3n) is 3.71. The van der Waals surface area contributed by atoms with Gasteiger partial charge >= 0.3 is 18.0 Å². The van der Waals surface area contributed by atoms with E-state index in [1.54, 1.807) is 0 Å². The largest absolute Gasteiger partial charge is 0.573 e. The van der Waals surface area contributed by atoms with Crippen LogP contribution in [0.5, 0.6) is 11.5 Å². The van der Waals surface area contributed by atoms with Gasteiger partial charge in [-0.2, -0.15) is 0 Å². The zero-order valence-electron chi connectivity index (χ0n) is 14.6. The van der Waals surface area contributed by atoms with Crippen LogP contribution < -0.4 is 10.4 Å². The number of rotatable bonds is 5. The Kier molecular flexibility index (Phi) is 5.58. The van der Waals surface area contributed by atoms with Crippen LogP contribution in [0.3, 0.4) is 0 Å². The minimum absolute atomic E-state index is 0.0793. The number of phenolic OH excluding ortho intramolecular Hbond substituents is 1. The second-order valence-corrected chi connectivity index (χ2v) is 5.83.